The molecule has 1 aromatic rings. The van der Waals surface area contributed by atoms with E-state index in [0.717, 1.165) is 29.7 Å². The number of methoxy groups -OCH3 is 1. The van der Waals surface area contributed by atoms with Gasteiger partial charge in [-0.3, -0.25) is 9.69 Å². The Balaban J connectivity index is 0. The van der Waals surface area contributed by atoms with E-state index < -0.39 is 0 Å². The molecule has 1 amide bonds. The van der Waals surface area contributed by atoms with Gasteiger partial charge in [0.15, 0.2) is 0 Å². The molecule has 1 aromatic carbocycles. The zero-order valence-corrected chi connectivity index (χ0v) is 15.0. The van der Waals surface area contributed by atoms with Gasteiger partial charge in [-0.25, -0.2) is 0 Å². The summed E-state index contributed by atoms with van der Waals surface area (Å²) in [6.45, 7) is 4.39. The molecule has 0 heterocycles. The van der Waals surface area contributed by atoms with Gasteiger partial charge in [0.25, 0.3) is 0 Å². The number of aryl methyl sites for hydroxylation is 2. The van der Waals surface area contributed by atoms with Crippen LogP contribution in [0, 0.1) is 0 Å². The number of amides is 1. The van der Waals surface area contributed by atoms with Crippen LogP contribution in [0.3, 0.4) is 0 Å². The first kappa shape index (κ1) is 18.9. The van der Waals surface area contributed by atoms with Gasteiger partial charge in [-0.15, -0.1) is 11.6 Å². The molecule has 0 atom stereocenters. The molecule has 0 bridgehead atoms. The van der Waals surface area contributed by atoms with Crippen LogP contribution in [-0.4, -0.2) is 25.6 Å². The van der Waals surface area contributed by atoms with Crippen LogP contribution in [0.25, 0.3) is 0 Å². The number of hydrogen-bond acceptors (Lipinski definition) is 2. The predicted octanol–water partition coefficient (Wildman–Crippen LogP) is 0.104. The van der Waals surface area contributed by atoms with Gasteiger partial charge in [-0.2, -0.15) is 0 Å². The summed E-state index contributed by atoms with van der Waals surface area (Å²) in [6.07, 6.45) is 1.75. The van der Waals surface area contributed by atoms with Crippen molar-refractivity contribution < 1.29 is 40.5 Å². The van der Waals surface area contributed by atoms with E-state index in [9.17, 15) is 4.79 Å². The molecule has 0 aromatic heterocycles. The minimum absolute atomic E-state index is 0. The van der Waals surface area contributed by atoms with E-state index in [2.05, 4.69) is 13.8 Å². The second kappa shape index (κ2) is 9.78. The fourth-order valence-corrected chi connectivity index (χ4v) is 2.17. The van der Waals surface area contributed by atoms with Gasteiger partial charge in [0.2, 0.25) is 5.91 Å². The molecule has 0 fully saturated rings. The van der Waals surface area contributed by atoms with Crippen molar-refractivity contribution in [2.75, 3.05) is 24.6 Å². The molecule has 102 valence electrons. The Kier molecular flexibility index (Phi) is 9.75. The summed E-state index contributed by atoms with van der Waals surface area (Å²) in [5.41, 5.74) is 3.24. The standard InChI is InChI=1S/C14H20ClNO2.Na.H/c1-4-11-7-6-8-12(5-2)14(11)16(10-18-3)13(17)9-15;;/h6-8H,4-5,9-10H2,1-3H3;;/q;+1;-1. The van der Waals surface area contributed by atoms with Gasteiger partial charge in [0.1, 0.15) is 12.6 Å². The van der Waals surface area contributed by atoms with Crippen molar-refractivity contribution in [3.8, 4) is 0 Å². The number of para-hydroxylation sites is 1. The minimum Gasteiger partial charge on any atom is -1.00 e. The van der Waals surface area contributed by atoms with Crippen molar-refractivity contribution in [2.24, 2.45) is 0 Å². The van der Waals surface area contributed by atoms with E-state index in [1.165, 1.54) is 0 Å². The summed E-state index contributed by atoms with van der Waals surface area (Å²) in [5, 5.41) is 0. The SMILES string of the molecule is CCc1cccc(CC)c1N(COC)C(=O)CCl.[H-].[Na+]. The van der Waals surface area contributed by atoms with E-state index in [1.807, 2.05) is 18.2 Å². The molecule has 0 N–H and O–H groups in total. The van der Waals surface area contributed by atoms with Crippen LogP contribution in [0.2, 0.25) is 0 Å². The number of carbonyl (C=O) groups is 1. The quantitative estimate of drug-likeness (QED) is 0.423. The predicted molar refractivity (Wildman–Crippen MR) is 76.4 cm³/mol. The molecule has 0 aliphatic carbocycles. The van der Waals surface area contributed by atoms with Gasteiger partial charge in [-0.1, -0.05) is 32.0 Å². The van der Waals surface area contributed by atoms with Gasteiger partial charge in [0.05, 0.1) is 5.69 Å². The molecule has 3 nitrogen and oxygen atoms in total. The molecule has 0 spiro atoms. The Bertz CT molecular complexity index is 396. The number of rotatable bonds is 6. The Morgan fingerprint density at radius 1 is 1.32 bits per heavy atom. The smallest absolute Gasteiger partial charge is 1.00 e. The van der Waals surface area contributed by atoms with E-state index >= 15 is 0 Å². The molecule has 5 heteroatoms. The maximum Gasteiger partial charge on any atom is 1.00 e. The molecule has 0 unspecified atom stereocenters. The normalized spacial score (nSPS) is 9.89. The van der Waals surface area contributed by atoms with Gasteiger partial charge in [0, 0.05) is 7.11 Å². The van der Waals surface area contributed by atoms with E-state index in [1.54, 1.807) is 12.0 Å². The first-order chi connectivity index (χ1) is 8.69. The van der Waals surface area contributed by atoms with Crippen LogP contribution in [0.15, 0.2) is 18.2 Å². The second-order valence-electron chi connectivity index (χ2n) is 4.01. The van der Waals surface area contributed by atoms with Crippen molar-refractivity contribution in [3.63, 3.8) is 0 Å². The van der Waals surface area contributed by atoms with Crippen LogP contribution in [0.4, 0.5) is 5.69 Å². The Hall–Kier alpha value is -0.0600. The zero-order valence-electron chi connectivity index (χ0n) is 13.2. The average molecular weight is 294 g/mol. The third-order valence-corrected chi connectivity index (χ3v) is 3.14. The number of halogens is 1. The summed E-state index contributed by atoms with van der Waals surface area (Å²) >= 11 is 5.68. The maximum absolute atomic E-state index is 12.0. The zero-order chi connectivity index (χ0) is 13.5. The van der Waals surface area contributed by atoms with Crippen LogP contribution in [0.5, 0.6) is 0 Å². The molecule has 0 aliphatic heterocycles. The molecule has 0 radical (unpaired) electrons. The number of benzene rings is 1. The Morgan fingerprint density at radius 3 is 2.21 bits per heavy atom. The minimum atomic E-state index is -0.130. The number of hydrogen-bond donors (Lipinski definition) is 0. The number of nitrogens with zero attached hydrogens (tertiary/aromatic N) is 1. The van der Waals surface area contributed by atoms with E-state index in [4.69, 9.17) is 16.3 Å². The van der Waals surface area contributed by atoms with Crippen molar-refractivity contribution in [1.82, 2.24) is 0 Å². The molecule has 0 aliphatic rings. The number of carbonyl (C=O) groups excluding carboxylic acids is 1. The van der Waals surface area contributed by atoms with Crippen molar-refractivity contribution >= 4 is 23.2 Å². The van der Waals surface area contributed by atoms with Crippen molar-refractivity contribution in [3.05, 3.63) is 29.3 Å². The third-order valence-electron chi connectivity index (χ3n) is 2.91. The number of ether oxygens (including phenoxy) is 1. The van der Waals surface area contributed by atoms with E-state index in [0.29, 0.717) is 0 Å². The Labute approximate surface area is 144 Å². The van der Waals surface area contributed by atoms with Crippen LogP contribution >= 0.6 is 11.6 Å². The molecular weight excluding hydrogens is 273 g/mol. The van der Waals surface area contributed by atoms with Crippen LogP contribution in [-0.2, 0) is 22.4 Å². The van der Waals surface area contributed by atoms with Gasteiger partial charge >= 0.3 is 29.6 Å². The summed E-state index contributed by atoms with van der Waals surface area (Å²) in [5.74, 6) is -0.168. The molecule has 0 saturated carbocycles. The maximum atomic E-state index is 12.0. The monoisotopic (exact) mass is 293 g/mol. The number of anilines is 1. The topological polar surface area (TPSA) is 29.5 Å². The number of alkyl halides is 1. The van der Waals surface area contributed by atoms with Gasteiger partial charge in [-0.05, 0) is 24.0 Å². The van der Waals surface area contributed by atoms with Crippen molar-refractivity contribution in [1.29, 1.82) is 0 Å². The summed E-state index contributed by atoms with van der Waals surface area (Å²) < 4.78 is 5.13. The first-order valence-corrected chi connectivity index (χ1v) is 6.69. The fourth-order valence-electron chi connectivity index (χ4n) is 2.02. The van der Waals surface area contributed by atoms with Gasteiger partial charge < -0.3 is 6.16 Å². The fraction of sp³-hybridized carbons (Fsp3) is 0.500. The molecular formula is C14H21ClNNaO2. The first-order valence-electron chi connectivity index (χ1n) is 6.15. The van der Waals surface area contributed by atoms with Crippen LogP contribution in [0.1, 0.15) is 26.4 Å². The Morgan fingerprint density at radius 2 is 1.84 bits per heavy atom. The second-order valence-corrected chi connectivity index (χ2v) is 4.27. The van der Waals surface area contributed by atoms with E-state index in [-0.39, 0.29) is 49.5 Å². The van der Waals surface area contributed by atoms with Crippen LogP contribution < -0.4 is 34.5 Å². The summed E-state index contributed by atoms with van der Waals surface area (Å²) in [4.78, 5) is 13.6. The molecule has 0 saturated heterocycles. The largest absolute Gasteiger partial charge is 1.00 e. The average Bonchev–Trinajstić information content (AvgIpc) is 2.43. The summed E-state index contributed by atoms with van der Waals surface area (Å²) in [7, 11) is 1.58. The summed E-state index contributed by atoms with van der Waals surface area (Å²) in [6, 6.07) is 6.11. The third kappa shape index (κ3) is 4.76. The van der Waals surface area contributed by atoms with Crippen molar-refractivity contribution in [2.45, 2.75) is 26.7 Å². The molecule has 19 heavy (non-hydrogen) atoms. The molecule has 1 rings (SSSR count).